The molecule has 0 aliphatic rings. The van der Waals surface area contributed by atoms with Gasteiger partial charge in [-0.05, 0) is 30.8 Å². The van der Waals surface area contributed by atoms with Crippen LogP contribution in [0.5, 0.6) is 0 Å². The molecule has 0 atom stereocenters. The van der Waals surface area contributed by atoms with E-state index in [2.05, 4.69) is 15.6 Å². The number of nitrogens with one attached hydrogen (secondary N) is 2. The normalized spacial score (nSPS) is 11.1. The summed E-state index contributed by atoms with van der Waals surface area (Å²) in [7, 11) is 1.58. The highest BCUT2D eigenvalue weighted by atomic mass is 35.5. The second-order valence-electron chi connectivity index (χ2n) is 3.12. The number of halogens is 1. The highest BCUT2D eigenvalue weighted by Crippen LogP contribution is 2.24. The standard InChI is InChI=1S/C10H13ClN4S/c1-6-4-3-5-7(11)8(6)14-10(16)15-9(12)13-2/h3-5H,1-2H3,(H4,12,13,14,15,16). The summed E-state index contributed by atoms with van der Waals surface area (Å²) in [5.41, 5.74) is 7.25. The fourth-order valence-electron chi connectivity index (χ4n) is 1.11. The second-order valence-corrected chi connectivity index (χ2v) is 3.94. The zero-order valence-electron chi connectivity index (χ0n) is 9.04. The van der Waals surface area contributed by atoms with Gasteiger partial charge < -0.3 is 16.4 Å². The third kappa shape index (κ3) is 3.36. The van der Waals surface area contributed by atoms with E-state index in [1.54, 1.807) is 13.1 Å². The van der Waals surface area contributed by atoms with Gasteiger partial charge in [-0.25, -0.2) is 0 Å². The number of anilines is 1. The van der Waals surface area contributed by atoms with Gasteiger partial charge in [0.05, 0.1) is 10.7 Å². The number of thiocarbonyl (C=S) groups is 1. The highest BCUT2D eigenvalue weighted by Gasteiger charge is 2.05. The molecule has 0 saturated carbocycles. The van der Waals surface area contributed by atoms with Gasteiger partial charge in [-0.3, -0.25) is 4.99 Å². The Hall–Kier alpha value is -1.33. The Morgan fingerprint density at radius 2 is 2.19 bits per heavy atom. The first-order valence-electron chi connectivity index (χ1n) is 4.60. The summed E-state index contributed by atoms with van der Waals surface area (Å²) in [6.45, 7) is 1.94. The van der Waals surface area contributed by atoms with Gasteiger partial charge in [-0.2, -0.15) is 0 Å². The van der Waals surface area contributed by atoms with E-state index in [1.807, 2.05) is 19.1 Å². The maximum Gasteiger partial charge on any atom is 0.194 e. The van der Waals surface area contributed by atoms with Crippen LogP contribution in [0.3, 0.4) is 0 Å². The molecule has 4 N–H and O–H groups in total. The Morgan fingerprint density at radius 3 is 2.75 bits per heavy atom. The Labute approximate surface area is 105 Å². The zero-order valence-corrected chi connectivity index (χ0v) is 10.6. The molecule has 0 unspecified atom stereocenters. The first kappa shape index (κ1) is 12.7. The van der Waals surface area contributed by atoms with Crippen molar-refractivity contribution in [1.82, 2.24) is 5.32 Å². The van der Waals surface area contributed by atoms with Crippen LogP contribution in [0.2, 0.25) is 5.02 Å². The lowest BCUT2D eigenvalue weighted by Crippen LogP contribution is -2.39. The number of hydrogen-bond acceptors (Lipinski definition) is 2. The summed E-state index contributed by atoms with van der Waals surface area (Å²) in [5, 5.41) is 6.66. The average Bonchev–Trinajstić information content (AvgIpc) is 2.23. The van der Waals surface area contributed by atoms with Crippen molar-refractivity contribution in [3.05, 3.63) is 28.8 Å². The van der Waals surface area contributed by atoms with Gasteiger partial charge in [-0.1, -0.05) is 23.7 Å². The summed E-state index contributed by atoms with van der Waals surface area (Å²) in [5.74, 6) is 0.252. The maximum atomic E-state index is 6.03. The predicted molar refractivity (Wildman–Crippen MR) is 73.1 cm³/mol. The van der Waals surface area contributed by atoms with Crippen LogP contribution in [0.25, 0.3) is 0 Å². The van der Waals surface area contributed by atoms with Crippen LogP contribution < -0.4 is 16.4 Å². The van der Waals surface area contributed by atoms with E-state index in [0.717, 1.165) is 11.3 Å². The van der Waals surface area contributed by atoms with Crippen LogP contribution in [0, 0.1) is 6.92 Å². The number of nitrogens with two attached hydrogens (primary N) is 1. The molecule has 0 heterocycles. The molecule has 0 saturated heterocycles. The van der Waals surface area contributed by atoms with Gasteiger partial charge in [0.15, 0.2) is 11.1 Å². The Bertz CT molecular complexity index is 411. The van der Waals surface area contributed by atoms with E-state index in [9.17, 15) is 0 Å². The third-order valence-electron chi connectivity index (χ3n) is 1.94. The molecule has 86 valence electrons. The number of aryl methyl sites for hydroxylation is 1. The molecule has 0 aromatic heterocycles. The largest absolute Gasteiger partial charge is 0.370 e. The molecule has 0 amide bonds. The molecule has 1 aromatic rings. The summed E-state index contributed by atoms with van der Waals surface area (Å²) < 4.78 is 0. The SMILES string of the molecule is CN=C(N)NC(=S)Nc1c(C)cccc1Cl. The molecule has 0 spiro atoms. The molecular formula is C10H13ClN4S. The lowest BCUT2D eigenvalue weighted by molar-refractivity contribution is 1.26. The lowest BCUT2D eigenvalue weighted by atomic mass is 10.2. The molecule has 16 heavy (non-hydrogen) atoms. The number of benzene rings is 1. The van der Waals surface area contributed by atoms with Crippen molar-refractivity contribution in [3.63, 3.8) is 0 Å². The molecule has 4 nitrogen and oxygen atoms in total. The van der Waals surface area contributed by atoms with Crippen molar-refractivity contribution in [2.24, 2.45) is 10.7 Å². The van der Waals surface area contributed by atoms with E-state index < -0.39 is 0 Å². The molecule has 0 aliphatic carbocycles. The predicted octanol–water partition coefficient (Wildman–Crippen LogP) is 1.88. The highest BCUT2D eigenvalue weighted by molar-refractivity contribution is 7.80. The average molecular weight is 257 g/mol. The van der Waals surface area contributed by atoms with Crippen molar-refractivity contribution < 1.29 is 0 Å². The topological polar surface area (TPSA) is 62.4 Å². The molecule has 1 rings (SSSR count). The Morgan fingerprint density at radius 1 is 1.50 bits per heavy atom. The van der Waals surface area contributed by atoms with Crippen molar-refractivity contribution in [2.75, 3.05) is 12.4 Å². The molecule has 0 fully saturated rings. The van der Waals surface area contributed by atoms with Crippen molar-refractivity contribution in [2.45, 2.75) is 6.92 Å². The zero-order chi connectivity index (χ0) is 12.1. The van der Waals surface area contributed by atoms with E-state index in [-0.39, 0.29) is 5.96 Å². The van der Waals surface area contributed by atoms with Gasteiger partial charge in [0.2, 0.25) is 0 Å². The summed E-state index contributed by atoms with van der Waals surface area (Å²) in [6.07, 6.45) is 0. The van der Waals surface area contributed by atoms with Crippen LogP contribution in [0.15, 0.2) is 23.2 Å². The number of hydrogen-bond donors (Lipinski definition) is 3. The van der Waals surface area contributed by atoms with Gasteiger partial charge >= 0.3 is 0 Å². The van der Waals surface area contributed by atoms with Gasteiger partial charge in [0, 0.05) is 7.05 Å². The molecule has 0 radical (unpaired) electrons. The van der Waals surface area contributed by atoms with Gasteiger partial charge in [0.1, 0.15) is 0 Å². The van der Waals surface area contributed by atoms with Crippen LogP contribution >= 0.6 is 23.8 Å². The van der Waals surface area contributed by atoms with E-state index in [1.165, 1.54) is 0 Å². The monoisotopic (exact) mass is 256 g/mol. The van der Waals surface area contributed by atoms with E-state index in [4.69, 9.17) is 29.6 Å². The van der Waals surface area contributed by atoms with E-state index in [0.29, 0.717) is 10.1 Å². The molecule has 1 aromatic carbocycles. The van der Waals surface area contributed by atoms with Crippen LogP contribution in [0.1, 0.15) is 5.56 Å². The van der Waals surface area contributed by atoms with E-state index >= 15 is 0 Å². The smallest absolute Gasteiger partial charge is 0.194 e. The summed E-state index contributed by atoms with van der Waals surface area (Å²) in [4.78, 5) is 3.74. The molecule has 0 bridgehead atoms. The lowest BCUT2D eigenvalue weighted by Gasteiger charge is -2.12. The Balaban J connectivity index is 2.77. The number of rotatable bonds is 1. The quantitative estimate of drug-likeness (QED) is 0.408. The van der Waals surface area contributed by atoms with Crippen molar-refractivity contribution >= 4 is 40.6 Å². The summed E-state index contributed by atoms with van der Waals surface area (Å²) in [6, 6.07) is 5.60. The minimum Gasteiger partial charge on any atom is -0.370 e. The first-order valence-corrected chi connectivity index (χ1v) is 5.38. The number of nitrogens with zero attached hydrogens (tertiary/aromatic N) is 1. The van der Waals surface area contributed by atoms with Crippen LogP contribution in [0.4, 0.5) is 5.69 Å². The fourth-order valence-corrected chi connectivity index (χ4v) is 1.58. The minimum atomic E-state index is 0.252. The number of guanidine groups is 1. The van der Waals surface area contributed by atoms with Crippen molar-refractivity contribution in [3.8, 4) is 0 Å². The second kappa shape index (κ2) is 5.67. The molecular weight excluding hydrogens is 244 g/mol. The number of para-hydroxylation sites is 1. The summed E-state index contributed by atoms with van der Waals surface area (Å²) >= 11 is 11.1. The third-order valence-corrected chi connectivity index (χ3v) is 2.46. The van der Waals surface area contributed by atoms with Crippen molar-refractivity contribution in [1.29, 1.82) is 0 Å². The maximum absolute atomic E-state index is 6.03. The molecule has 0 aliphatic heterocycles. The first-order chi connectivity index (χ1) is 7.54. The Kier molecular flexibility index (Phi) is 4.52. The minimum absolute atomic E-state index is 0.252. The number of aliphatic imine (C=N–C) groups is 1. The van der Waals surface area contributed by atoms with Gasteiger partial charge in [-0.15, -0.1) is 0 Å². The molecule has 6 heteroatoms. The van der Waals surface area contributed by atoms with Gasteiger partial charge in [0.25, 0.3) is 0 Å². The van der Waals surface area contributed by atoms with Crippen LogP contribution in [-0.4, -0.2) is 18.1 Å². The van der Waals surface area contributed by atoms with Crippen LogP contribution in [-0.2, 0) is 0 Å². The fraction of sp³-hybridized carbons (Fsp3) is 0.200.